The highest BCUT2D eigenvalue weighted by Gasteiger charge is 2.32. The first kappa shape index (κ1) is 9.59. The highest BCUT2D eigenvalue weighted by atomic mass is 35.5. The quantitative estimate of drug-likeness (QED) is 0.660. The zero-order valence-corrected chi connectivity index (χ0v) is 7.94. The smallest absolute Gasteiger partial charge is 0.148 e. The predicted molar refractivity (Wildman–Crippen MR) is 48.4 cm³/mol. The van der Waals surface area contributed by atoms with Crippen LogP contribution < -0.4 is 0 Å². The molecule has 1 aromatic rings. The van der Waals surface area contributed by atoms with E-state index in [1.165, 1.54) is 6.07 Å². The fraction of sp³-hybridized carbons (Fsp3) is 0.300. The summed E-state index contributed by atoms with van der Waals surface area (Å²) in [7, 11) is 0. The summed E-state index contributed by atoms with van der Waals surface area (Å²) in [6.07, 6.45) is 1.09. The van der Waals surface area contributed by atoms with Crippen LogP contribution in [0.15, 0.2) is 12.1 Å². The number of benzene rings is 1. The summed E-state index contributed by atoms with van der Waals surface area (Å²) in [5, 5.41) is -0.526. The van der Waals surface area contributed by atoms with Gasteiger partial charge in [0.1, 0.15) is 22.4 Å². The molecule has 1 aliphatic carbocycles. The molecule has 0 heterocycles. The van der Waals surface area contributed by atoms with Crippen LogP contribution in [0.5, 0.6) is 0 Å². The van der Waals surface area contributed by atoms with Crippen molar-refractivity contribution in [3.05, 3.63) is 34.4 Å². The molecule has 14 heavy (non-hydrogen) atoms. The lowest BCUT2D eigenvalue weighted by molar-refractivity contribution is -0.125. The van der Waals surface area contributed by atoms with Gasteiger partial charge >= 0.3 is 0 Å². The normalized spacial score (nSPS) is 20.8. The van der Waals surface area contributed by atoms with Crippen molar-refractivity contribution in [1.82, 2.24) is 0 Å². The van der Waals surface area contributed by atoms with Gasteiger partial charge in [0.2, 0.25) is 0 Å². The molecule has 0 bridgehead atoms. The molecule has 74 valence electrons. The number of hydrogen-bond donors (Lipinski definition) is 0. The number of carbonyl (C=O) groups is 1. The molecule has 1 saturated carbocycles. The molecule has 4 heteroatoms. The average Bonchev–Trinajstić information content (AvgIpc) is 2.16. The first-order valence-corrected chi connectivity index (χ1v) is 4.65. The number of halogens is 3. The lowest BCUT2D eigenvalue weighted by Crippen LogP contribution is -2.24. The van der Waals surface area contributed by atoms with Crippen molar-refractivity contribution in [2.75, 3.05) is 0 Å². The number of rotatable bonds is 1. The molecule has 1 aliphatic rings. The summed E-state index contributed by atoms with van der Waals surface area (Å²) in [5.41, 5.74) is 0.215. The summed E-state index contributed by atoms with van der Waals surface area (Å²) in [6.45, 7) is 0. The van der Waals surface area contributed by atoms with Crippen molar-refractivity contribution in [3.8, 4) is 0 Å². The molecule has 1 fully saturated rings. The molecule has 0 saturated heterocycles. The molecule has 0 spiro atoms. The van der Waals surface area contributed by atoms with Crippen LogP contribution in [0.2, 0.25) is 5.02 Å². The Morgan fingerprint density at radius 3 is 2.57 bits per heavy atom. The molecule has 1 nitrogen and oxygen atoms in total. The van der Waals surface area contributed by atoms with E-state index in [4.69, 9.17) is 11.6 Å². The van der Waals surface area contributed by atoms with Crippen molar-refractivity contribution in [1.29, 1.82) is 0 Å². The molecule has 2 rings (SSSR count). The monoisotopic (exact) mass is 216 g/mol. The standard InChI is InChI=1S/C10H7ClF2O/c11-9-7(12)3-1-6(10(9)13)5-2-4-8(5)14/h1,3,5H,2,4H2. The van der Waals surface area contributed by atoms with E-state index in [0.717, 1.165) is 6.07 Å². The Kier molecular flexibility index (Phi) is 2.27. The minimum atomic E-state index is -0.801. The van der Waals surface area contributed by atoms with Gasteiger partial charge in [0.15, 0.2) is 0 Å². The summed E-state index contributed by atoms with van der Waals surface area (Å²) in [5.74, 6) is -2.02. The molecule has 0 aliphatic heterocycles. The van der Waals surface area contributed by atoms with E-state index in [9.17, 15) is 13.6 Å². The Labute approximate surface area is 84.7 Å². The maximum atomic E-state index is 13.4. The Balaban J connectivity index is 2.44. The third kappa shape index (κ3) is 1.32. The molecule has 0 N–H and O–H groups in total. The largest absolute Gasteiger partial charge is 0.299 e. The van der Waals surface area contributed by atoms with E-state index < -0.39 is 22.6 Å². The van der Waals surface area contributed by atoms with Crippen LogP contribution in [0.3, 0.4) is 0 Å². The van der Waals surface area contributed by atoms with Gasteiger partial charge in [-0.05, 0) is 12.5 Å². The Hall–Kier alpha value is -0.960. The molecular formula is C10H7ClF2O. The lowest BCUT2D eigenvalue weighted by Gasteiger charge is -2.24. The van der Waals surface area contributed by atoms with Gasteiger partial charge in [0, 0.05) is 17.9 Å². The molecule has 0 aromatic heterocycles. The maximum absolute atomic E-state index is 13.4. The van der Waals surface area contributed by atoms with E-state index in [2.05, 4.69) is 0 Å². The number of hydrogen-bond acceptors (Lipinski definition) is 1. The molecule has 0 radical (unpaired) electrons. The second-order valence-electron chi connectivity index (χ2n) is 3.32. The van der Waals surface area contributed by atoms with Gasteiger partial charge in [-0.3, -0.25) is 4.79 Å². The first-order chi connectivity index (χ1) is 6.61. The minimum Gasteiger partial charge on any atom is -0.299 e. The Morgan fingerprint density at radius 2 is 2.07 bits per heavy atom. The number of Topliss-reactive ketones (excluding diaryl/α,β-unsaturated/α-hetero) is 1. The predicted octanol–water partition coefficient (Wildman–Crippen LogP) is 3.06. The van der Waals surface area contributed by atoms with Crippen LogP contribution in [0.4, 0.5) is 8.78 Å². The van der Waals surface area contributed by atoms with E-state index in [-0.39, 0.29) is 11.3 Å². The van der Waals surface area contributed by atoms with Gasteiger partial charge < -0.3 is 0 Å². The van der Waals surface area contributed by atoms with E-state index in [0.29, 0.717) is 12.8 Å². The van der Waals surface area contributed by atoms with Crippen molar-refractivity contribution in [2.24, 2.45) is 0 Å². The van der Waals surface area contributed by atoms with Crippen molar-refractivity contribution < 1.29 is 13.6 Å². The second-order valence-corrected chi connectivity index (χ2v) is 3.70. The molecule has 0 amide bonds. The van der Waals surface area contributed by atoms with Crippen molar-refractivity contribution in [2.45, 2.75) is 18.8 Å². The minimum absolute atomic E-state index is 0.00780. The van der Waals surface area contributed by atoms with Gasteiger partial charge in [-0.2, -0.15) is 0 Å². The van der Waals surface area contributed by atoms with Crippen LogP contribution in [0.25, 0.3) is 0 Å². The van der Waals surface area contributed by atoms with Crippen LogP contribution in [0.1, 0.15) is 24.3 Å². The third-order valence-corrected chi connectivity index (χ3v) is 2.85. The molecular weight excluding hydrogens is 210 g/mol. The van der Waals surface area contributed by atoms with Gasteiger partial charge in [0.25, 0.3) is 0 Å². The summed E-state index contributed by atoms with van der Waals surface area (Å²) in [6, 6.07) is 2.38. The topological polar surface area (TPSA) is 17.1 Å². The van der Waals surface area contributed by atoms with Crippen molar-refractivity contribution in [3.63, 3.8) is 0 Å². The molecule has 1 atom stereocenters. The number of carbonyl (C=O) groups excluding carboxylic acids is 1. The maximum Gasteiger partial charge on any atom is 0.148 e. The second kappa shape index (κ2) is 3.31. The lowest BCUT2D eigenvalue weighted by atomic mass is 9.78. The summed E-state index contributed by atoms with van der Waals surface area (Å²) < 4.78 is 26.2. The molecule has 1 aromatic carbocycles. The van der Waals surface area contributed by atoms with E-state index in [1.807, 2.05) is 0 Å². The fourth-order valence-electron chi connectivity index (χ4n) is 1.55. The Bertz CT molecular complexity index is 403. The first-order valence-electron chi connectivity index (χ1n) is 4.27. The zero-order valence-electron chi connectivity index (χ0n) is 7.19. The fourth-order valence-corrected chi connectivity index (χ4v) is 1.72. The zero-order chi connectivity index (χ0) is 10.3. The van der Waals surface area contributed by atoms with E-state index in [1.54, 1.807) is 0 Å². The van der Waals surface area contributed by atoms with Gasteiger partial charge in [-0.15, -0.1) is 0 Å². The highest BCUT2D eigenvalue weighted by molar-refractivity contribution is 6.31. The molecule has 1 unspecified atom stereocenters. The van der Waals surface area contributed by atoms with Crippen LogP contribution >= 0.6 is 11.6 Å². The van der Waals surface area contributed by atoms with E-state index >= 15 is 0 Å². The van der Waals surface area contributed by atoms with Crippen LogP contribution in [-0.2, 0) is 4.79 Å². The van der Waals surface area contributed by atoms with Crippen LogP contribution in [-0.4, -0.2) is 5.78 Å². The van der Waals surface area contributed by atoms with Crippen LogP contribution in [0, 0.1) is 11.6 Å². The third-order valence-electron chi connectivity index (χ3n) is 2.51. The van der Waals surface area contributed by atoms with Gasteiger partial charge in [-0.1, -0.05) is 17.7 Å². The van der Waals surface area contributed by atoms with Crippen molar-refractivity contribution >= 4 is 17.4 Å². The van der Waals surface area contributed by atoms with Gasteiger partial charge in [0.05, 0.1) is 0 Å². The highest BCUT2D eigenvalue weighted by Crippen LogP contribution is 2.36. The summed E-state index contributed by atoms with van der Waals surface area (Å²) >= 11 is 5.39. The van der Waals surface area contributed by atoms with Gasteiger partial charge in [-0.25, -0.2) is 8.78 Å². The summed E-state index contributed by atoms with van der Waals surface area (Å²) in [4.78, 5) is 11.1. The average molecular weight is 217 g/mol. The number of ketones is 1. The Morgan fingerprint density at radius 1 is 1.36 bits per heavy atom. The SMILES string of the molecule is O=C1CCC1c1ccc(F)c(Cl)c1F.